The number of halogens is 3. The molecule has 0 radical (unpaired) electrons. The number of rotatable bonds is 9. The van der Waals surface area contributed by atoms with E-state index < -0.39 is 23.1 Å². The number of aliphatic hydroxyl groups is 1. The van der Waals surface area contributed by atoms with Gasteiger partial charge in [-0.15, -0.1) is 13.2 Å². The highest BCUT2D eigenvalue weighted by Gasteiger charge is 2.31. The van der Waals surface area contributed by atoms with Gasteiger partial charge in [-0.25, -0.2) is 4.98 Å². The number of aliphatic hydroxyl groups excluding tert-OH is 1. The predicted molar refractivity (Wildman–Crippen MR) is 117 cm³/mol. The first-order valence-corrected chi connectivity index (χ1v) is 9.80. The van der Waals surface area contributed by atoms with Crippen LogP contribution in [0.5, 0.6) is 11.5 Å². The molecule has 0 aliphatic heterocycles. The van der Waals surface area contributed by atoms with Gasteiger partial charge in [-0.2, -0.15) is 4.98 Å². The van der Waals surface area contributed by atoms with Crippen LogP contribution in [-0.4, -0.2) is 46.1 Å². The predicted octanol–water partition coefficient (Wildman–Crippen LogP) is 4.50. The average molecular weight is 479 g/mol. The van der Waals surface area contributed by atoms with Crippen LogP contribution in [0.25, 0.3) is 11.3 Å². The molecule has 0 saturated heterocycles. The van der Waals surface area contributed by atoms with Crippen molar-refractivity contribution < 1.29 is 32.7 Å². The maximum absolute atomic E-state index is 12.6. The smallest absolute Gasteiger partial charge is 0.496 e. The van der Waals surface area contributed by atoms with E-state index in [2.05, 4.69) is 25.3 Å². The van der Waals surface area contributed by atoms with Crippen LogP contribution in [0.2, 0.25) is 0 Å². The second kappa shape index (κ2) is 10.2. The first kappa shape index (κ1) is 24.5. The Morgan fingerprint density at radius 2 is 1.91 bits per heavy atom. The number of nitro groups is 1. The molecule has 180 valence electrons. The van der Waals surface area contributed by atoms with E-state index in [9.17, 15) is 28.4 Å². The van der Waals surface area contributed by atoms with Gasteiger partial charge in [-0.1, -0.05) is 12.1 Å². The Kier molecular flexibility index (Phi) is 7.36. The van der Waals surface area contributed by atoms with Gasteiger partial charge in [-0.3, -0.25) is 10.1 Å². The Hall–Kier alpha value is -4.13. The van der Waals surface area contributed by atoms with E-state index in [-0.39, 0.29) is 46.8 Å². The number of ether oxygens (including phenoxy) is 2. The lowest BCUT2D eigenvalue weighted by molar-refractivity contribution is -0.384. The average Bonchev–Trinajstić information content (AvgIpc) is 2.78. The minimum Gasteiger partial charge on any atom is -0.496 e. The number of hydrogen-bond acceptors (Lipinski definition) is 9. The zero-order valence-electron chi connectivity index (χ0n) is 18.0. The van der Waals surface area contributed by atoms with E-state index in [0.717, 1.165) is 12.1 Å². The summed E-state index contributed by atoms with van der Waals surface area (Å²) in [6.45, 7) is 1.42. The second-order valence-electron chi connectivity index (χ2n) is 7.03. The molecule has 1 aromatic heterocycles. The number of nitrogens with one attached hydrogen (secondary N) is 2. The molecule has 34 heavy (non-hydrogen) atoms. The summed E-state index contributed by atoms with van der Waals surface area (Å²) in [4.78, 5) is 19.5. The van der Waals surface area contributed by atoms with Gasteiger partial charge in [0.1, 0.15) is 23.0 Å². The molecular formula is C21H20F3N5O5. The van der Waals surface area contributed by atoms with Gasteiger partial charge in [0.05, 0.1) is 30.4 Å². The highest BCUT2D eigenvalue weighted by Crippen LogP contribution is 2.33. The molecule has 0 unspecified atom stereocenters. The number of nitrogens with zero attached hydrogens (tertiary/aromatic N) is 3. The Bertz CT molecular complexity index is 1180. The normalized spacial score (nSPS) is 12.1. The number of anilines is 3. The largest absolute Gasteiger partial charge is 0.573 e. The summed E-state index contributed by atoms with van der Waals surface area (Å²) in [5, 5.41) is 26.5. The van der Waals surface area contributed by atoms with Crippen molar-refractivity contribution in [3.63, 3.8) is 0 Å². The van der Waals surface area contributed by atoms with Gasteiger partial charge in [-0.05, 0) is 31.2 Å². The van der Waals surface area contributed by atoms with Gasteiger partial charge >= 0.3 is 6.36 Å². The van der Waals surface area contributed by atoms with Gasteiger partial charge in [0, 0.05) is 17.7 Å². The summed E-state index contributed by atoms with van der Waals surface area (Å²) in [6, 6.07) is 10.3. The Labute approximate surface area is 191 Å². The minimum atomic E-state index is -4.87. The number of alkyl halides is 3. The molecule has 3 rings (SSSR count). The van der Waals surface area contributed by atoms with Gasteiger partial charge in [0.15, 0.2) is 0 Å². The summed E-state index contributed by atoms with van der Waals surface area (Å²) < 4.78 is 46.9. The van der Waals surface area contributed by atoms with E-state index in [1.165, 1.54) is 43.5 Å². The highest BCUT2D eigenvalue weighted by molar-refractivity contribution is 5.73. The zero-order chi connectivity index (χ0) is 24.9. The summed E-state index contributed by atoms with van der Waals surface area (Å²) >= 11 is 0. The fourth-order valence-corrected chi connectivity index (χ4v) is 2.88. The molecule has 0 amide bonds. The maximum Gasteiger partial charge on any atom is 0.573 e. The number of benzene rings is 2. The fourth-order valence-electron chi connectivity index (χ4n) is 2.88. The van der Waals surface area contributed by atoms with Crippen LogP contribution in [0.3, 0.4) is 0 Å². The highest BCUT2D eigenvalue weighted by atomic mass is 19.4. The molecule has 0 aliphatic rings. The lowest BCUT2D eigenvalue weighted by Gasteiger charge is -2.15. The minimum absolute atomic E-state index is 0.0415. The van der Waals surface area contributed by atoms with Crippen LogP contribution in [-0.2, 0) is 0 Å². The third-order valence-corrected chi connectivity index (χ3v) is 4.40. The summed E-state index contributed by atoms with van der Waals surface area (Å²) in [5.41, 5.74) is 0.300. The van der Waals surface area contributed by atoms with E-state index >= 15 is 0 Å². The molecule has 0 spiro atoms. The van der Waals surface area contributed by atoms with Crippen molar-refractivity contribution in [1.82, 2.24) is 9.97 Å². The lowest BCUT2D eigenvalue weighted by atomic mass is 10.1. The third kappa shape index (κ3) is 6.45. The standard InChI is InChI=1S/C21H20F3N5O5/c1-12(11-30)25-20-27-17(13-4-3-5-15(8-13)34-21(22,23)24)10-19(28-20)26-16-7-6-14(33-2)9-18(16)29(31)32/h3-10,12,30H,11H2,1-2H3,(H2,25,26,27,28)/t12-/m0/s1. The molecule has 0 fully saturated rings. The van der Waals surface area contributed by atoms with Crippen LogP contribution in [0.15, 0.2) is 48.5 Å². The molecule has 0 bridgehead atoms. The summed E-state index contributed by atoms with van der Waals surface area (Å²) in [6.07, 6.45) is -4.87. The first-order valence-electron chi connectivity index (χ1n) is 9.80. The number of hydrogen-bond donors (Lipinski definition) is 3. The van der Waals surface area contributed by atoms with Gasteiger partial charge in [0.2, 0.25) is 5.95 Å². The van der Waals surface area contributed by atoms with Crippen LogP contribution < -0.4 is 20.1 Å². The topological polar surface area (TPSA) is 132 Å². The molecule has 13 heteroatoms. The first-order chi connectivity index (χ1) is 16.1. The van der Waals surface area contributed by atoms with Gasteiger partial charge < -0.3 is 25.2 Å². The van der Waals surface area contributed by atoms with Crippen molar-refractivity contribution in [2.45, 2.75) is 19.3 Å². The van der Waals surface area contributed by atoms with E-state index in [1.807, 2.05) is 0 Å². The van der Waals surface area contributed by atoms with E-state index in [4.69, 9.17) is 4.74 Å². The maximum atomic E-state index is 12.6. The van der Waals surface area contributed by atoms with Crippen molar-refractivity contribution in [1.29, 1.82) is 0 Å². The van der Waals surface area contributed by atoms with Crippen molar-refractivity contribution in [3.05, 3.63) is 58.6 Å². The molecule has 3 N–H and O–H groups in total. The second-order valence-corrected chi connectivity index (χ2v) is 7.03. The van der Waals surface area contributed by atoms with Gasteiger partial charge in [0.25, 0.3) is 5.69 Å². The quantitative estimate of drug-likeness (QED) is 0.300. The van der Waals surface area contributed by atoms with Crippen molar-refractivity contribution >= 4 is 23.1 Å². The lowest BCUT2D eigenvalue weighted by Crippen LogP contribution is -2.21. The number of methoxy groups -OCH3 is 1. The summed E-state index contributed by atoms with van der Waals surface area (Å²) in [5.74, 6) is -0.00344. The molecule has 3 aromatic rings. The number of aromatic nitrogens is 2. The number of nitro benzene ring substituents is 1. The Balaban J connectivity index is 2.04. The Morgan fingerprint density at radius 3 is 2.56 bits per heavy atom. The van der Waals surface area contributed by atoms with E-state index in [0.29, 0.717) is 0 Å². The van der Waals surface area contributed by atoms with Crippen LogP contribution in [0.4, 0.5) is 36.3 Å². The zero-order valence-corrected chi connectivity index (χ0v) is 18.0. The van der Waals surface area contributed by atoms with Crippen LogP contribution >= 0.6 is 0 Å². The monoisotopic (exact) mass is 479 g/mol. The van der Waals surface area contributed by atoms with Crippen molar-refractivity contribution in [2.24, 2.45) is 0 Å². The van der Waals surface area contributed by atoms with Crippen molar-refractivity contribution in [2.75, 3.05) is 24.4 Å². The van der Waals surface area contributed by atoms with Crippen molar-refractivity contribution in [3.8, 4) is 22.8 Å². The Morgan fingerprint density at radius 1 is 1.15 bits per heavy atom. The molecule has 1 heterocycles. The molecule has 2 aromatic carbocycles. The molecule has 1 atom stereocenters. The summed E-state index contributed by atoms with van der Waals surface area (Å²) in [7, 11) is 1.37. The molecule has 0 aliphatic carbocycles. The SMILES string of the molecule is COc1ccc(Nc2cc(-c3cccc(OC(F)(F)F)c3)nc(N[C@@H](C)CO)n2)c([N+](=O)[O-])c1. The molecular weight excluding hydrogens is 459 g/mol. The fraction of sp³-hybridized carbons (Fsp3) is 0.238. The molecule has 10 nitrogen and oxygen atoms in total. The van der Waals surface area contributed by atoms with E-state index in [1.54, 1.807) is 6.92 Å². The van der Waals surface area contributed by atoms with Crippen LogP contribution in [0, 0.1) is 10.1 Å². The third-order valence-electron chi connectivity index (χ3n) is 4.40. The molecule has 0 saturated carbocycles. The van der Waals surface area contributed by atoms with Crippen LogP contribution in [0.1, 0.15) is 6.92 Å².